The van der Waals surface area contributed by atoms with Crippen LogP contribution >= 0.6 is 11.6 Å². The molecule has 2 unspecified atom stereocenters. The maximum atomic E-state index is 11.3. The minimum atomic E-state index is -2.78. The van der Waals surface area contributed by atoms with E-state index in [1.54, 1.807) is 42.5 Å². The lowest BCUT2D eigenvalue weighted by Gasteiger charge is -2.19. The summed E-state index contributed by atoms with van der Waals surface area (Å²) in [7, 11) is 0. The van der Waals surface area contributed by atoms with Crippen LogP contribution in [0.3, 0.4) is 0 Å². The van der Waals surface area contributed by atoms with Gasteiger partial charge in [0.25, 0.3) is 0 Å². The summed E-state index contributed by atoms with van der Waals surface area (Å²) in [6.07, 6.45) is 0.888. The number of carbonyl (C=O) groups is 2. The summed E-state index contributed by atoms with van der Waals surface area (Å²) in [4.78, 5) is 22.6. The molecule has 1 heterocycles. The van der Waals surface area contributed by atoms with E-state index >= 15 is 0 Å². The average Bonchev–Trinajstić information content (AvgIpc) is 3.19. The van der Waals surface area contributed by atoms with Gasteiger partial charge < -0.3 is 30.1 Å². The molecule has 1 aliphatic heterocycles. The molecular formula is C22H22ClNO7. The molecule has 0 bridgehead atoms. The van der Waals surface area contributed by atoms with E-state index < -0.39 is 23.8 Å². The lowest BCUT2D eigenvalue weighted by atomic mass is 10.0. The van der Waals surface area contributed by atoms with Crippen LogP contribution in [-0.2, 0) is 25.5 Å². The second kappa shape index (κ2) is 9.38. The molecular weight excluding hydrogens is 426 g/mol. The van der Waals surface area contributed by atoms with E-state index in [4.69, 9.17) is 21.1 Å². The van der Waals surface area contributed by atoms with Gasteiger partial charge in [-0.25, -0.2) is 9.59 Å². The van der Waals surface area contributed by atoms with E-state index in [9.17, 15) is 24.9 Å². The van der Waals surface area contributed by atoms with Gasteiger partial charge in [0.05, 0.1) is 6.10 Å². The largest absolute Gasteiger partial charge is 0.475 e. The van der Waals surface area contributed by atoms with Crippen molar-refractivity contribution in [1.29, 1.82) is 0 Å². The molecule has 4 N–H and O–H groups in total. The van der Waals surface area contributed by atoms with Gasteiger partial charge in [0, 0.05) is 23.2 Å². The number of nitrogens with one attached hydrogen (secondary N) is 1. The second-order valence-corrected chi connectivity index (χ2v) is 7.65. The number of aliphatic hydroxyl groups excluding tert-OH is 1. The van der Waals surface area contributed by atoms with Crippen molar-refractivity contribution < 1.29 is 34.4 Å². The molecule has 0 saturated carbocycles. The zero-order valence-electron chi connectivity index (χ0n) is 16.6. The zero-order valence-corrected chi connectivity index (χ0v) is 17.4. The zero-order chi connectivity index (χ0) is 22.6. The molecule has 3 rings (SSSR count). The number of aliphatic hydroxyl groups is 1. The molecule has 31 heavy (non-hydrogen) atoms. The van der Waals surface area contributed by atoms with Crippen LogP contribution in [0.4, 0.5) is 0 Å². The van der Waals surface area contributed by atoms with E-state index in [2.05, 4.69) is 5.32 Å². The van der Waals surface area contributed by atoms with Gasteiger partial charge in [0.15, 0.2) is 5.76 Å². The number of ether oxygens (including phenoxy) is 2. The van der Waals surface area contributed by atoms with Gasteiger partial charge in [-0.05, 0) is 42.7 Å². The first-order valence-corrected chi connectivity index (χ1v) is 9.89. The Hall–Kier alpha value is -3.07. The maximum absolute atomic E-state index is 11.3. The Bertz CT molecular complexity index is 993. The molecule has 0 radical (unpaired) electrons. The molecule has 164 valence electrons. The van der Waals surface area contributed by atoms with Crippen molar-refractivity contribution in [2.24, 2.45) is 0 Å². The van der Waals surface area contributed by atoms with Gasteiger partial charge >= 0.3 is 17.7 Å². The lowest BCUT2D eigenvalue weighted by Crippen LogP contribution is -2.47. The lowest BCUT2D eigenvalue weighted by molar-refractivity contribution is -0.207. The number of halogens is 1. The maximum Gasteiger partial charge on any atom is 0.452 e. The summed E-state index contributed by atoms with van der Waals surface area (Å²) >= 11 is 5.96. The first kappa shape index (κ1) is 22.6. The normalized spacial score (nSPS) is 16.5. The molecule has 2 aromatic carbocycles. The molecule has 2 aromatic rings. The highest BCUT2D eigenvalue weighted by Gasteiger charge is 2.56. The van der Waals surface area contributed by atoms with Gasteiger partial charge in [-0.15, -0.1) is 0 Å². The Balaban J connectivity index is 1.60. The van der Waals surface area contributed by atoms with Crippen LogP contribution in [0.1, 0.15) is 29.7 Å². The fraction of sp³-hybridized carbons (Fsp3) is 0.273. The molecule has 0 aromatic heterocycles. The van der Waals surface area contributed by atoms with Gasteiger partial charge in [0.2, 0.25) is 0 Å². The van der Waals surface area contributed by atoms with Crippen LogP contribution in [0, 0.1) is 0 Å². The van der Waals surface area contributed by atoms with Crippen molar-refractivity contribution in [3.63, 3.8) is 0 Å². The number of hydrogen-bond donors (Lipinski definition) is 4. The van der Waals surface area contributed by atoms with Crippen molar-refractivity contribution in [3.05, 3.63) is 76.5 Å². The van der Waals surface area contributed by atoms with Crippen LogP contribution < -0.4 is 5.32 Å². The minimum Gasteiger partial charge on any atom is -0.475 e. The Labute approximate surface area is 183 Å². The number of benzene rings is 2. The van der Waals surface area contributed by atoms with Crippen molar-refractivity contribution in [1.82, 2.24) is 5.32 Å². The standard InChI is InChI=1S/C22H22ClNO7/c1-13(24-11-18(25)15-5-3-7-17(23)10-15)8-14-4-2-6-16(9-14)19-12-30-22(31-19,20(26)27)21(28)29/h2-7,9-10,12-13,18,24-25H,8,11H2,1H3,(H,26,27)(H,28,29). The fourth-order valence-corrected chi connectivity index (χ4v) is 3.37. The van der Waals surface area contributed by atoms with E-state index in [-0.39, 0.29) is 11.8 Å². The Morgan fingerprint density at radius 2 is 1.84 bits per heavy atom. The number of carboxylic acid groups (broad SMARTS) is 2. The monoisotopic (exact) mass is 447 g/mol. The molecule has 0 aliphatic carbocycles. The van der Waals surface area contributed by atoms with Crippen molar-refractivity contribution >= 4 is 29.3 Å². The summed E-state index contributed by atoms with van der Waals surface area (Å²) in [6.45, 7) is 2.30. The Morgan fingerprint density at radius 3 is 2.48 bits per heavy atom. The highest BCUT2D eigenvalue weighted by atomic mass is 35.5. The number of aliphatic carboxylic acids is 2. The van der Waals surface area contributed by atoms with E-state index in [0.29, 0.717) is 23.6 Å². The van der Waals surface area contributed by atoms with Crippen LogP contribution in [0.2, 0.25) is 5.02 Å². The summed E-state index contributed by atoms with van der Waals surface area (Å²) in [6, 6.07) is 14.1. The summed E-state index contributed by atoms with van der Waals surface area (Å²) < 4.78 is 9.97. The highest BCUT2D eigenvalue weighted by molar-refractivity contribution is 6.30. The fourth-order valence-electron chi connectivity index (χ4n) is 3.17. The third-order valence-electron chi connectivity index (χ3n) is 4.80. The molecule has 0 fully saturated rings. The molecule has 9 heteroatoms. The van der Waals surface area contributed by atoms with E-state index in [0.717, 1.165) is 17.4 Å². The van der Waals surface area contributed by atoms with E-state index in [1.807, 2.05) is 13.0 Å². The van der Waals surface area contributed by atoms with Crippen molar-refractivity contribution in [2.75, 3.05) is 6.54 Å². The predicted molar refractivity (Wildman–Crippen MR) is 112 cm³/mol. The first-order valence-electron chi connectivity index (χ1n) is 9.51. The van der Waals surface area contributed by atoms with Crippen molar-refractivity contribution in [2.45, 2.75) is 31.3 Å². The van der Waals surface area contributed by atoms with Gasteiger partial charge in [-0.3, -0.25) is 0 Å². The summed E-state index contributed by atoms with van der Waals surface area (Å²) in [5.41, 5.74) is 2.12. The average molecular weight is 448 g/mol. The van der Waals surface area contributed by atoms with Gasteiger partial charge in [-0.1, -0.05) is 41.9 Å². The van der Waals surface area contributed by atoms with Crippen LogP contribution in [-0.4, -0.2) is 45.6 Å². The van der Waals surface area contributed by atoms with Crippen LogP contribution in [0.25, 0.3) is 5.76 Å². The van der Waals surface area contributed by atoms with Crippen LogP contribution in [0.5, 0.6) is 0 Å². The van der Waals surface area contributed by atoms with Gasteiger partial charge in [0.1, 0.15) is 6.26 Å². The highest BCUT2D eigenvalue weighted by Crippen LogP contribution is 2.33. The third kappa shape index (κ3) is 5.16. The topological polar surface area (TPSA) is 125 Å². The summed E-state index contributed by atoms with van der Waals surface area (Å²) in [5.74, 6) is -6.27. The second-order valence-electron chi connectivity index (χ2n) is 7.21. The smallest absolute Gasteiger partial charge is 0.452 e. The number of rotatable bonds is 9. The Morgan fingerprint density at radius 1 is 1.13 bits per heavy atom. The van der Waals surface area contributed by atoms with Crippen LogP contribution in [0.15, 0.2) is 54.8 Å². The molecule has 8 nitrogen and oxygen atoms in total. The molecule has 1 aliphatic rings. The Kier molecular flexibility index (Phi) is 6.84. The quantitative estimate of drug-likeness (QED) is 0.432. The third-order valence-corrected chi connectivity index (χ3v) is 5.03. The molecule has 0 spiro atoms. The van der Waals surface area contributed by atoms with Crippen molar-refractivity contribution in [3.8, 4) is 0 Å². The summed E-state index contributed by atoms with van der Waals surface area (Å²) in [5, 5.41) is 32.5. The first-order chi connectivity index (χ1) is 14.7. The number of carboxylic acids is 2. The van der Waals surface area contributed by atoms with Gasteiger partial charge in [-0.2, -0.15) is 0 Å². The predicted octanol–water partition coefficient (Wildman–Crippen LogP) is 2.80. The number of hydrogen-bond acceptors (Lipinski definition) is 6. The SMILES string of the molecule is CC(Cc1cccc(C2=COC(C(=O)O)(C(=O)O)O2)c1)NCC(O)c1cccc(Cl)c1. The molecule has 2 atom stereocenters. The molecule has 0 saturated heterocycles. The molecule has 0 amide bonds. The van der Waals surface area contributed by atoms with E-state index in [1.165, 1.54) is 0 Å². The minimum absolute atomic E-state index is 0.0101.